The van der Waals surface area contributed by atoms with Crippen molar-refractivity contribution < 1.29 is 18.7 Å². The minimum atomic E-state index is 0.0876. The molecular formula is C16H18O4. The summed E-state index contributed by atoms with van der Waals surface area (Å²) in [6.07, 6.45) is 4.38. The zero-order valence-electron chi connectivity index (χ0n) is 11.9. The number of hydrogen-bond acceptors (Lipinski definition) is 4. The molecule has 0 N–H and O–H groups in total. The Kier molecular flexibility index (Phi) is 4.45. The number of furan rings is 1. The smallest absolute Gasteiger partial charge is 0.163 e. The van der Waals surface area contributed by atoms with Crippen LogP contribution < -0.4 is 9.47 Å². The van der Waals surface area contributed by atoms with Gasteiger partial charge in [0, 0.05) is 12.0 Å². The number of methoxy groups -OCH3 is 2. The van der Waals surface area contributed by atoms with Gasteiger partial charge in [0.1, 0.15) is 0 Å². The van der Waals surface area contributed by atoms with E-state index < -0.39 is 0 Å². The number of ether oxygens (including phenoxy) is 2. The van der Waals surface area contributed by atoms with Crippen LogP contribution in [0.4, 0.5) is 0 Å². The van der Waals surface area contributed by atoms with Crippen LogP contribution in [0.1, 0.15) is 27.9 Å². The molecule has 2 rings (SSSR count). The van der Waals surface area contributed by atoms with Crippen molar-refractivity contribution in [1.29, 1.82) is 0 Å². The average molecular weight is 274 g/mol. The largest absolute Gasteiger partial charge is 0.493 e. The molecule has 0 unspecified atom stereocenters. The monoisotopic (exact) mass is 274 g/mol. The minimum absolute atomic E-state index is 0.0876. The van der Waals surface area contributed by atoms with E-state index in [1.54, 1.807) is 32.8 Å². The Bertz CT molecular complexity index is 585. The van der Waals surface area contributed by atoms with Crippen LogP contribution in [0.15, 0.2) is 35.1 Å². The second-order valence-corrected chi connectivity index (χ2v) is 4.58. The van der Waals surface area contributed by atoms with E-state index in [2.05, 4.69) is 0 Å². The summed E-state index contributed by atoms with van der Waals surface area (Å²) in [5, 5.41) is 0. The summed E-state index contributed by atoms with van der Waals surface area (Å²) < 4.78 is 15.5. The second-order valence-electron chi connectivity index (χ2n) is 4.58. The highest BCUT2D eigenvalue weighted by atomic mass is 16.5. The van der Waals surface area contributed by atoms with Crippen molar-refractivity contribution >= 4 is 5.78 Å². The fraction of sp³-hybridized carbons (Fsp3) is 0.312. The van der Waals surface area contributed by atoms with Crippen molar-refractivity contribution in [2.75, 3.05) is 14.2 Å². The Morgan fingerprint density at radius 3 is 2.50 bits per heavy atom. The number of hydrogen-bond donors (Lipinski definition) is 0. The third-order valence-corrected chi connectivity index (χ3v) is 3.25. The van der Waals surface area contributed by atoms with E-state index in [0.717, 1.165) is 11.1 Å². The molecule has 0 fully saturated rings. The van der Waals surface area contributed by atoms with Crippen molar-refractivity contribution in [3.05, 3.63) is 47.4 Å². The normalized spacial score (nSPS) is 10.3. The van der Waals surface area contributed by atoms with Crippen LogP contribution in [-0.2, 0) is 6.42 Å². The van der Waals surface area contributed by atoms with Gasteiger partial charge < -0.3 is 13.9 Å². The first-order chi connectivity index (χ1) is 9.65. The molecule has 20 heavy (non-hydrogen) atoms. The molecule has 0 saturated heterocycles. The lowest BCUT2D eigenvalue weighted by Crippen LogP contribution is -2.05. The standard InChI is InChI=1S/C16H18O4/c1-11-8-15(18-2)16(19-3)9-13(11)14(17)5-4-12-6-7-20-10-12/h6-10H,4-5H2,1-3H3. The fourth-order valence-corrected chi connectivity index (χ4v) is 2.11. The van der Waals surface area contributed by atoms with Crippen molar-refractivity contribution in [2.24, 2.45) is 0 Å². The van der Waals surface area contributed by atoms with Crippen LogP contribution in [-0.4, -0.2) is 20.0 Å². The molecule has 106 valence electrons. The Hall–Kier alpha value is -2.23. The first-order valence-electron chi connectivity index (χ1n) is 6.42. The molecule has 0 aliphatic carbocycles. The lowest BCUT2D eigenvalue weighted by molar-refractivity contribution is 0.0982. The van der Waals surface area contributed by atoms with Crippen molar-refractivity contribution in [3.63, 3.8) is 0 Å². The summed E-state index contributed by atoms with van der Waals surface area (Å²) in [7, 11) is 3.14. The molecule has 0 saturated carbocycles. The molecule has 1 heterocycles. The SMILES string of the molecule is COc1cc(C)c(C(=O)CCc2ccoc2)cc1OC. The number of aryl methyl sites for hydroxylation is 2. The third-order valence-electron chi connectivity index (χ3n) is 3.25. The number of rotatable bonds is 6. The predicted molar refractivity (Wildman–Crippen MR) is 75.6 cm³/mol. The van der Waals surface area contributed by atoms with E-state index in [4.69, 9.17) is 13.9 Å². The topological polar surface area (TPSA) is 48.7 Å². The van der Waals surface area contributed by atoms with Crippen LogP contribution in [0.2, 0.25) is 0 Å². The maximum atomic E-state index is 12.3. The van der Waals surface area contributed by atoms with Gasteiger partial charge >= 0.3 is 0 Å². The summed E-state index contributed by atoms with van der Waals surface area (Å²) in [6.45, 7) is 1.90. The molecule has 2 aromatic rings. The average Bonchev–Trinajstić information content (AvgIpc) is 2.97. The van der Waals surface area contributed by atoms with Gasteiger partial charge in [0.05, 0.1) is 26.7 Å². The van der Waals surface area contributed by atoms with Gasteiger partial charge in [0.25, 0.3) is 0 Å². The molecule has 0 radical (unpaired) electrons. The van der Waals surface area contributed by atoms with E-state index in [0.29, 0.717) is 29.9 Å². The van der Waals surface area contributed by atoms with Crippen LogP contribution in [0.3, 0.4) is 0 Å². The van der Waals surface area contributed by atoms with Gasteiger partial charge in [-0.25, -0.2) is 0 Å². The molecule has 4 nitrogen and oxygen atoms in total. The fourth-order valence-electron chi connectivity index (χ4n) is 2.11. The highest BCUT2D eigenvalue weighted by Crippen LogP contribution is 2.30. The zero-order chi connectivity index (χ0) is 14.5. The van der Waals surface area contributed by atoms with Crippen LogP contribution in [0.25, 0.3) is 0 Å². The predicted octanol–water partition coefficient (Wildman–Crippen LogP) is 3.42. The van der Waals surface area contributed by atoms with Gasteiger partial charge in [-0.3, -0.25) is 4.79 Å². The van der Waals surface area contributed by atoms with Gasteiger partial charge in [0.15, 0.2) is 17.3 Å². The zero-order valence-corrected chi connectivity index (χ0v) is 11.9. The van der Waals surface area contributed by atoms with Crippen molar-refractivity contribution in [3.8, 4) is 11.5 Å². The van der Waals surface area contributed by atoms with Crippen LogP contribution in [0.5, 0.6) is 11.5 Å². The molecular weight excluding hydrogens is 256 g/mol. The molecule has 0 bridgehead atoms. The van der Waals surface area contributed by atoms with E-state index in [-0.39, 0.29) is 5.78 Å². The van der Waals surface area contributed by atoms with Crippen molar-refractivity contribution in [1.82, 2.24) is 0 Å². The highest BCUT2D eigenvalue weighted by molar-refractivity contribution is 5.98. The van der Waals surface area contributed by atoms with Crippen molar-refractivity contribution in [2.45, 2.75) is 19.8 Å². The number of benzene rings is 1. The minimum Gasteiger partial charge on any atom is -0.493 e. The van der Waals surface area contributed by atoms with Gasteiger partial charge in [-0.2, -0.15) is 0 Å². The van der Waals surface area contributed by atoms with Crippen LogP contribution in [0, 0.1) is 6.92 Å². The first kappa shape index (κ1) is 14.2. The Morgan fingerprint density at radius 2 is 1.90 bits per heavy atom. The Labute approximate surface area is 118 Å². The Morgan fingerprint density at radius 1 is 1.20 bits per heavy atom. The molecule has 0 aliphatic rings. The third kappa shape index (κ3) is 3.02. The van der Waals surface area contributed by atoms with Gasteiger partial charge in [-0.05, 0) is 42.7 Å². The molecule has 0 atom stereocenters. The lowest BCUT2D eigenvalue weighted by Gasteiger charge is -2.12. The number of carbonyl (C=O) groups excluding carboxylic acids is 1. The van der Waals surface area contributed by atoms with E-state index in [9.17, 15) is 4.79 Å². The molecule has 4 heteroatoms. The number of carbonyl (C=O) groups is 1. The molecule has 0 aliphatic heterocycles. The maximum Gasteiger partial charge on any atom is 0.163 e. The first-order valence-corrected chi connectivity index (χ1v) is 6.42. The number of ketones is 1. The molecule has 1 aromatic carbocycles. The molecule has 1 aromatic heterocycles. The lowest BCUT2D eigenvalue weighted by atomic mass is 9.99. The van der Waals surface area contributed by atoms with E-state index in [1.807, 2.05) is 19.1 Å². The summed E-state index contributed by atoms with van der Waals surface area (Å²) in [6, 6.07) is 5.44. The van der Waals surface area contributed by atoms with Gasteiger partial charge in [0.2, 0.25) is 0 Å². The summed E-state index contributed by atoms with van der Waals surface area (Å²) in [5.41, 5.74) is 2.59. The highest BCUT2D eigenvalue weighted by Gasteiger charge is 2.14. The quantitative estimate of drug-likeness (QED) is 0.757. The molecule has 0 amide bonds. The maximum absolute atomic E-state index is 12.3. The van der Waals surface area contributed by atoms with E-state index >= 15 is 0 Å². The summed E-state index contributed by atoms with van der Waals surface area (Å²) in [4.78, 5) is 12.3. The van der Waals surface area contributed by atoms with Gasteiger partial charge in [-0.15, -0.1) is 0 Å². The Balaban J connectivity index is 2.16. The molecule has 0 spiro atoms. The van der Waals surface area contributed by atoms with Gasteiger partial charge in [-0.1, -0.05) is 0 Å². The number of Topliss-reactive ketones (excluding diaryl/α,β-unsaturated/α-hetero) is 1. The van der Waals surface area contributed by atoms with E-state index in [1.165, 1.54) is 0 Å². The van der Waals surface area contributed by atoms with Crippen LogP contribution >= 0.6 is 0 Å². The summed E-state index contributed by atoms with van der Waals surface area (Å²) >= 11 is 0. The second kappa shape index (κ2) is 6.28. The summed E-state index contributed by atoms with van der Waals surface area (Å²) in [5.74, 6) is 1.30.